The van der Waals surface area contributed by atoms with E-state index in [-0.39, 0.29) is 22.2 Å². The number of hydrogen-bond donors (Lipinski definition) is 0. The SMILES string of the molecule is O=C1c2ccccc2-c2nccc3cc(OCCCCOc4no[n+]([O-])c4S(=O)(=O)c4ccccc4)cc1c23. The van der Waals surface area contributed by atoms with Gasteiger partial charge in [-0.15, -0.1) is 0 Å². The van der Waals surface area contributed by atoms with Crippen LogP contribution in [0.1, 0.15) is 28.8 Å². The number of carbonyl (C=O) groups is 1. The number of hydrogen-bond acceptors (Lipinski definition) is 9. The average Bonchev–Trinajstić information content (AvgIpc) is 3.34. The van der Waals surface area contributed by atoms with Crippen LogP contribution in [0.2, 0.25) is 0 Å². The molecule has 2 heterocycles. The number of nitrogens with zero attached hydrogens (tertiary/aromatic N) is 3. The fraction of sp³-hybridized carbons (Fsp3) is 0.143. The lowest BCUT2D eigenvalue weighted by Gasteiger charge is -2.19. The van der Waals surface area contributed by atoms with Gasteiger partial charge >= 0.3 is 10.9 Å². The second kappa shape index (κ2) is 9.84. The molecule has 0 atom stereocenters. The summed E-state index contributed by atoms with van der Waals surface area (Å²) in [5.74, 6) is 0.0921. The van der Waals surface area contributed by atoms with Gasteiger partial charge in [-0.25, -0.2) is 8.42 Å². The minimum atomic E-state index is -4.17. The largest absolute Gasteiger partial charge is 0.494 e. The lowest BCUT2D eigenvalue weighted by molar-refractivity contribution is -0.832. The van der Waals surface area contributed by atoms with Gasteiger partial charge in [0.2, 0.25) is 0 Å². The second-order valence-corrected chi connectivity index (χ2v) is 10.7. The van der Waals surface area contributed by atoms with Crippen molar-refractivity contribution in [2.75, 3.05) is 13.2 Å². The third kappa shape index (κ3) is 4.36. The maximum atomic E-state index is 13.2. The summed E-state index contributed by atoms with van der Waals surface area (Å²) in [5, 5.41) is 16.4. The van der Waals surface area contributed by atoms with Crippen LogP contribution in [0.5, 0.6) is 11.6 Å². The molecule has 5 aromatic rings. The molecule has 0 saturated heterocycles. The minimum absolute atomic E-state index is 0.0700. The number of benzene rings is 3. The number of unbranched alkanes of at least 4 members (excludes halogenated alkanes) is 1. The van der Waals surface area contributed by atoms with E-state index in [4.69, 9.17) is 9.47 Å². The summed E-state index contributed by atoms with van der Waals surface area (Å²) in [6.45, 7) is 0.410. The zero-order valence-corrected chi connectivity index (χ0v) is 21.3. The first-order valence-electron chi connectivity index (χ1n) is 12.2. The highest BCUT2D eigenvalue weighted by molar-refractivity contribution is 7.91. The van der Waals surface area contributed by atoms with Crippen LogP contribution in [-0.2, 0) is 9.84 Å². The van der Waals surface area contributed by atoms with E-state index in [2.05, 4.69) is 14.8 Å². The van der Waals surface area contributed by atoms with Crippen molar-refractivity contribution in [3.63, 3.8) is 0 Å². The van der Waals surface area contributed by atoms with E-state index >= 15 is 0 Å². The topological polar surface area (TPSA) is 136 Å². The van der Waals surface area contributed by atoms with Crippen LogP contribution in [0.25, 0.3) is 22.0 Å². The monoisotopic (exact) mass is 543 g/mol. The lowest BCUT2D eigenvalue weighted by atomic mass is 9.85. The van der Waals surface area contributed by atoms with Crippen LogP contribution in [0.3, 0.4) is 0 Å². The van der Waals surface area contributed by atoms with Crippen molar-refractivity contribution in [2.45, 2.75) is 22.8 Å². The van der Waals surface area contributed by atoms with Crippen LogP contribution < -0.4 is 14.4 Å². The van der Waals surface area contributed by atoms with Gasteiger partial charge in [0, 0.05) is 28.3 Å². The number of rotatable bonds is 9. The normalized spacial score (nSPS) is 12.4. The molecule has 1 aliphatic carbocycles. The highest BCUT2D eigenvalue weighted by Gasteiger charge is 2.35. The first kappa shape index (κ1) is 24.6. The third-order valence-corrected chi connectivity index (χ3v) is 8.13. The van der Waals surface area contributed by atoms with Crippen molar-refractivity contribution in [2.24, 2.45) is 0 Å². The summed E-state index contributed by atoms with van der Waals surface area (Å²) in [7, 11) is -4.17. The van der Waals surface area contributed by atoms with Gasteiger partial charge < -0.3 is 14.7 Å². The molecule has 0 aliphatic heterocycles. The minimum Gasteiger partial charge on any atom is -0.494 e. The van der Waals surface area contributed by atoms with Gasteiger partial charge in [0.05, 0.1) is 29.0 Å². The smallest absolute Gasteiger partial charge is 0.414 e. The van der Waals surface area contributed by atoms with Gasteiger partial charge in [0.25, 0.3) is 9.84 Å². The molecular weight excluding hydrogens is 522 g/mol. The van der Waals surface area contributed by atoms with Gasteiger partial charge in [-0.1, -0.05) is 42.5 Å². The molecule has 0 fully saturated rings. The molecule has 10 nitrogen and oxygen atoms in total. The average molecular weight is 544 g/mol. The Morgan fingerprint density at radius 1 is 0.872 bits per heavy atom. The molecule has 11 heteroatoms. The fourth-order valence-corrected chi connectivity index (χ4v) is 5.89. The molecule has 0 saturated carbocycles. The van der Waals surface area contributed by atoms with Crippen LogP contribution in [0.15, 0.2) is 93.5 Å². The Balaban J connectivity index is 1.10. The zero-order chi connectivity index (χ0) is 27.0. The van der Waals surface area contributed by atoms with Crippen molar-refractivity contribution in [3.8, 4) is 22.9 Å². The van der Waals surface area contributed by atoms with Crippen molar-refractivity contribution in [1.82, 2.24) is 10.1 Å². The summed E-state index contributed by atoms with van der Waals surface area (Å²) in [6, 6.07) is 20.4. The van der Waals surface area contributed by atoms with Gasteiger partial charge in [-0.05, 0) is 53.5 Å². The second-order valence-electron chi connectivity index (χ2n) is 8.86. The van der Waals surface area contributed by atoms with E-state index in [1.54, 1.807) is 36.5 Å². The summed E-state index contributed by atoms with van der Waals surface area (Å²) < 4.78 is 41.6. The van der Waals surface area contributed by atoms with Gasteiger partial charge in [-0.2, -0.15) is 0 Å². The van der Waals surface area contributed by atoms with Gasteiger partial charge in [0.15, 0.2) is 5.78 Å². The van der Waals surface area contributed by atoms with Crippen molar-refractivity contribution in [3.05, 3.63) is 95.3 Å². The van der Waals surface area contributed by atoms with Crippen LogP contribution in [-0.4, -0.2) is 37.6 Å². The number of sulfone groups is 1. The maximum Gasteiger partial charge on any atom is 0.414 e. The molecular formula is C28H21N3O7S. The number of fused-ring (bicyclic) bond motifs is 2. The first-order chi connectivity index (χ1) is 18.9. The van der Waals surface area contributed by atoms with Gasteiger partial charge in [-0.3, -0.25) is 14.4 Å². The molecule has 0 N–H and O–H groups in total. The third-order valence-electron chi connectivity index (χ3n) is 6.41. The summed E-state index contributed by atoms with van der Waals surface area (Å²) >= 11 is 0. The molecule has 2 aromatic heterocycles. The van der Waals surface area contributed by atoms with Crippen LogP contribution in [0, 0.1) is 5.21 Å². The van der Waals surface area contributed by atoms with E-state index in [1.165, 1.54) is 12.1 Å². The molecule has 6 rings (SSSR count). The van der Waals surface area contributed by atoms with Crippen molar-refractivity contribution < 1.29 is 32.2 Å². The quantitative estimate of drug-likeness (QED) is 0.195. The van der Waals surface area contributed by atoms with Gasteiger partial charge in [0.1, 0.15) is 5.75 Å². The predicted octanol–water partition coefficient (Wildman–Crippen LogP) is 4.14. The number of ketones is 1. The number of aromatic nitrogens is 3. The molecule has 39 heavy (non-hydrogen) atoms. The maximum absolute atomic E-state index is 13.2. The van der Waals surface area contributed by atoms with E-state index < -0.39 is 20.7 Å². The molecule has 0 amide bonds. The summed E-state index contributed by atoms with van der Waals surface area (Å²) in [4.78, 5) is 17.5. The van der Waals surface area contributed by atoms with Crippen LogP contribution >= 0.6 is 0 Å². The summed E-state index contributed by atoms with van der Waals surface area (Å²) in [5.41, 5.74) is 2.77. The molecule has 1 aliphatic rings. The zero-order valence-electron chi connectivity index (χ0n) is 20.4. The van der Waals surface area contributed by atoms with Crippen molar-refractivity contribution in [1.29, 1.82) is 0 Å². The van der Waals surface area contributed by atoms with Crippen molar-refractivity contribution >= 4 is 26.4 Å². The Bertz CT molecular complexity index is 1820. The van der Waals surface area contributed by atoms with E-state index in [9.17, 15) is 18.4 Å². The van der Waals surface area contributed by atoms with Crippen LogP contribution in [0.4, 0.5) is 0 Å². The molecule has 0 unspecified atom stereocenters. The van der Waals surface area contributed by atoms with E-state index in [0.717, 1.165) is 22.0 Å². The molecule has 0 radical (unpaired) electrons. The lowest BCUT2D eigenvalue weighted by Crippen LogP contribution is -2.31. The molecule has 196 valence electrons. The number of ether oxygens (including phenoxy) is 2. The Morgan fingerprint density at radius 2 is 1.59 bits per heavy atom. The Kier molecular flexibility index (Phi) is 6.20. The summed E-state index contributed by atoms with van der Waals surface area (Å²) in [6.07, 6.45) is 2.76. The molecule has 3 aromatic carbocycles. The highest BCUT2D eigenvalue weighted by Crippen LogP contribution is 2.39. The standard InChI is InChI=1S/C28H21N3O7S/c32-26-22-11-5-4-10-21(22)25-24-18(12-13-29-25)16-19(17-23(24)26)36-14-6-7-15-37-27-28(31(33)38-30-27)39(34,35)20-8-2-1-3-9-20/h1-5,8-13,16-17H,6-7,14-15H2. The van der Waals surface area contributed by atoms with E-state index in [0.29, 0.717) is 36.3 Å². The molecule has 0 spiro atoms. The Hall–Kier alpha value is -4.77. The Labute approximate surface area is 222 Å². The van der Waals surface area contributed by atoms with E-state index in [1.807, 2.05) is 30.3 Å². The number of pyridine rings is 1. The Morgan fingerprint density at radius 3 is 2.38 bits per heavy atom. The number of carbonyl (C=O) groups excluding carboxylic acids is 1. The highest BCUT2D eigenvalue weighted by atomic mass is 32.2. The fourth-order valence-electron chi connectivity index (χ4n) is 4.59. The first-order valence-corrected chi connectivity index (χ1v) is 13.7. The molecule has 0 bridgehead atoms. The predicted molar refractivity (Wildman–Crippen MR) is 138 cm³/mol.